The summed E-state index contributed by atoms with van der Waals surface area (Å²) in [6.07, 6.45) is 10.6. The Labute approximate surface area is 61.1 Å². The van der Waals surface area contributed by atoms with Gasteiger partial charge in [-0.1, -0.05) is 24.3 Å². The Bertz CT molecular complexity index is 161. The molecule has 0 heterocycles. The van der Waals surface area contributed by atoms with Crippen molar-refractivity contribution in [1.82, 2.24) is 0 Å². The summed E-state index contributed by atoms with van der Waals surface area (Å²) in [4.78, 5) is 0. The van der Waals surface area contributed by atoms with Crippen molar-refractivity contribution in [3.05, 3.63) is 24.3 Å². The lowest BCUT2D eigenvalue weighted by molar-refractivity contribution is 0.127. The monoisotopic (exact) mass is 136 g/mol. The molecular weight excluding hydrogens is 124 g/mol. The van der Waals surface area contributed by atoms with Gasteiger partial charge < -0.3 is 5.11 Å². The van der Waals surface area contributed by atoms with Crippen LogP contribution in [0, 0.1) is 11.8 Å². The zero-order chi connectivity index (χ0) is 6.97. The lowest BCUT2D eigenvalue weighted by Crippen LogP contribution is -2.16. The van der Waals surface area contributed by atoms with E-state index >= 15 is 0 Å². The van der Waals surface area contributed by atoms with Gasteiger partial charge in [-0.2, -0.15) is 0 Å². The fourth-order valence-corrected chi connectivity index (χ4v) is 1.88. The Morgan fingerprint density at radius 2 is 1.50 bits per heavy atom. The van der Waals surface area contributed by atoms with Crippen LogP contribution in [0.5, 0.6) is 0 Å². The van der Waals surface area contributed by atoms with Gasteiger partial charge in [0.15, 0.2) is 0 Å². The van der Waals surface area contributed by atoms with E-state index in [0.717, 1.165) is 12.8 Å². The van der Waals surface area contributed by atoms with E-state index in [0.29, 0.717) is 11.8 Å². The second-order valence-corrected chi connectivity index (χ2v) is 3.17. The number of allylic oxidation sites excluding steroid dienone is 2. The molecule has 0 saturated heterocycles. The third kappa shape index (κ3) is 0.816. The smallest absolute Gasteiger partial charge is 0.0665 e. The summed E-state index contributed by atoms with van der Waals surface area (Å²) in [6, 6.07) is 0. The number of aliphatic hydroxyl groups is 1. The maximum Gasteiger partial charge on any atom is 0.0665 e. The third-order valence-corrected chi connectivity index (χ3v) is 2.54. The highest BCUT2D eigenvalue weighted by Crippen LogP contribution is 2.34. The number of hydrogen-bond donors (Lipinski definition) is 1. The minimum absolute atomic E-state index is 0.102. The van der Waals surface area contributed by atoms with E-state index in [1.54, 1.807) is 0 Å². The van der Waals surface area contributed by atoms with Crippen LogP contribution in [-0.4, -0.2) is 11.2 Å². The van der Waals surface area contributed by atoms with E-state index in [2.05, 4.69) is 12.2 Å². The van der Waals surface area contributed by atoms with Gasteiger partial charge in [-0.3, -0.25) is 0 Å². The van der Waals surface area contributed by atoms with Crippen molar-refractivity contribution < 1.29 is 5.11 Å². The lowest BCUT2D eigenvalue weighted by Gasteiger charge is -2.11. The predicted octanol–water partition coefficient (Wildman–Crippen LogP) is 1.50. The second-order valence-electron chi connectivity index (χ2n) is 3.17. The van der Waals surface area contributed by atoms with Crippen LogP contribution < -0.4 is 0 Å². The van der Waals surface area contributed by atoms with Gasteiger partial charge >= 0.3 is 0 Å². The molecule has 0 aliphatic heterocycles. The Balaban J connectivity index is 2.26. The highest BCUT2D eigenvalue weighted by Gasteiger charge is 2.31. The number of rotatable bonds is 0. The summed E-state index contributed by atoms with van der Waals surface area (Å²) in [5.41, 5.74) is 0. The molecule has 2 atom stereocenters. The minimum Gasteiger partial charge on any atom is -0.392 e. The van der Waals surface area contributed by atoms with Gasteiger partial charge in [0.25, 0.3) is 0 Å². The molecule has 1 saturated carbocycles. The van der Waals surface area contributed by atoms with E-state index < -0.39 is 0 Å². The largest absolute Gasteiger partial charge is 0.392 e. The number of aliphatic hydroxyl groups excluding tert-OH is 1. The van der Waals surface area contributed by atoms with Gasteiger partial charge in [0.1, 0.15) is 0 Å². The molecule has 10 heavy (non-hydrogen) atoms. The van der Waals surface area contributed by atoms with E-state index in [1.165, 1.54) is 0 Å². The molecule has 54 valence electrons. The molecule has 2 aliphatic rings. The van der Waals surface area contributed by atoms with E-state index in [1.807, 2.05) is 12.2 Å². The Morgan fingerprint density at radius 1 is 1.00 bits per heavy atom. The molecule has 1 N–H and O–H groups in total. The van der Waals surface area contributed by atoms with Gasteiger partial charge in [0.2, 0.25) is 0 Å². The quantitative estimate of drug-likeness (QED) is 0.535. The SMILES string of the molecule is OC1C2C=CC=CC1CC2. The first-order valence-corrected chi connectivity index (χ1v) is 3.91. The average molecular weight is 136 g/mol. The molecule has 0 radical (unpaired) electrons. The van der Waals surface area contributed by atoms with Crippen molar-refractivity contribution in [2.45, 2.75) is 18.9 Å². The minimum atomic E-state index is -0.102. The molecular formula is C9H12O. The number of hydrogen-bond acceptors (Lipinski definition) is 1. The van der Waals surface area contributed by atoms with Crippen molar-refractivity contribution in [3.63, 3.8) is 0 Å². The fourth-order valence-electron chi connectivity index (χ4n) is 1.88. The summed E-state index contributed by atoms with van der Waals surface area (Å²) in [7, 11) is 0. The lowest BCUT2D eigenvalue weighted by atomic mass is 10.0. The van der Waals surface area contributed by atoms with Crippen LogP contribution >= 0.6 is 0 Å². The average Bonchev–Trinajstić information content (AvgIpc) is 2.06. The van der Waals surface area contributed by atoms with Gasteiger partial charge in [-0.25, -0.2) is 0 Å². The summed E-state index contributed by atoms with van der Waals surface area (Å²) in [5.74, 6) is 0.861. The molecule has 0 aromatic rings. The normalized spacial score (nSPS) is 43.9. The summed E-state index contributed by atoms with van der Waals surface area (Å²) in [6.45, 7) is 0. The Hall–Kier alpha value is -0.560. The van der Waals surface area contributed by atoms with Crippen LogP contribution in [0.25, 0.3) is 0 Å². The standard InChI is InChI=1S/C9H12O/c10-9-7-3-1-2-4-8(9)6-5-7/h1-4,7-10H,5-6H2. The molecule has 2 aliphatic carbocycles. The zero-order valence-corrected chi connectivity index (χ0v) is 5.90. The topological polar surface area (TPSA) is 20.2 Å². The van der Waals surface area contributed by atoms with Gasteiger partial charge in [0.05, 0.1) is 6.10 Å². The van der Waals surface area contributed by atoms with Crippen molar-refractivity contribution >= 4 is 0 Å². The van der Waals surface area contributed by atoms with Crippen LogP contribution in [0.4, 0.5) is 0 Å². The first-order chi connectivity index (χ1) is 4.88. The molecule has 1 nitrogen and oxygen atoms in total. The Kier molecular flexibility index (Phi) is 1.38. The van der Waals surface area contributed by atoms with Gasteiger partial charge in [0, 0.05) is 11.8 Å². The zero-order valence-electron chi connectivity index (χ0n) is 5.90. The summed E-state index contributed by atoms with van der Waals surface area (Å²) in [5, 5.41) is 9.59. The first-order valence-electron chi connectivity index (χ1n) is 3.91. The van der Waals surface area contributed by atoms with Gasteiger partial charge in [-0.05, 0) is 12.8 Å². The van der Waals surface area contributed by atoms with E-state index in [4.69, 9.17) is 0 Å². The van der Waals surface area contributed by atoms with Crippen LogP contribution in [0.2, 0.25) is 0 Å². The van der Waals surface area contributed by atoms with Crippen molar-refractivity contribution in [2.75, 3.05) is 0 Å². The third-order valence-electron chi connectivity index (χ3n) is 2.54. The number of fused-ring (bicyclic) bond motifs is 2. The summed E-state index contributed by atoms with van der Waals surface area (Å²) < 4.78 is 0. The highest BCUT2D eigenvalue weighted by atomic mass is 16.3. The van der Waals surface area contributed by atoms with Crippen molar-refractivity contribution in [2.24, 2.45) is 11.8 Å². The predicted molar refractivity (Wildman–Crippen MR) is 40.5 cm³/mol. The molecule has 2 unspecified atom stereocenters. The van der Waals surface area contributed by atoms with Crippen molar-refractivity contribution in [1.29, 1.82) is 0 Å². The maximum absolute atomic E-state index is 9.59. The molecule has 0 aromatic carbocycles. The van der Waals surface area contributed by atoms with Crippen LogP contribution in [0.1, 0.15) is 12.8 Å². The molecule has 0 spiro atoms. The Morgan fingerprint density at radius 3 is 2.00 bits per heavy atom. The molecule has 2 bridgehead atoms. The van der Waals surface area contributed by atoms with Crippen LogP contribution in [-0.2, 0) is 0 Å². The molecule has 1 heteroatoms. The molecule has 2 rings (SSSR count). The van der Waals surface area contributed by atoms with E-state index in [9.17, 15) is 5.11 Å². The second kappa shape index (κ2) is 2.24. The van der Waals surface area contributed by atoms with E-state index in [-0.39, 0.29) is 6.10 Å². The molecule has 1 fully saturated rings. The van der Waals surface area contributed by atoms with Crippen LogP contribution in [0.3, 0.4) is 0 Å². The summed E-state index contributed by atoms with van der Waals surface area (Å²) >= 11 is 0. The van der Waals surface area contributed by atoms with Gasteiger partial charge in [-0.15, -0.1) is 0 Å². The fraction of sp³-hybridized carbons (Fsp3) is 0.556. The first kappa shape index (κ1) is 6.17. The van der Waals surface area contributed by atoms with Crippen molar-refractivity contribution in [3.8, 4) is 0 Å². The molecule has 0 amide bonds. The van der Waals surface area contributed by atoms with Crippen LogP contribution in [0.15, 0.2) is 24.3 Å². The molecule has 0 aromatic heterocycles. The maximum atomic E-state index is 9.59. The highest BCUT2D eigenvalue weighted by molar-refractivity contribution is 5.15.